The monoisotopic (exact) mass is 379 g/mol. The summed E-state index contributed by atoms with van der Waals surface area (Å²) in [5.41, 5.74) is 5.78. The van der Waals surface area contributed by atoms with E-state index in [9.17, 15) is 12.8 Å². The summed E-state index contributed by atoms with van der Waals surface area (Å²) in [6, 6.07) is 2.64. The molecule has 1 fully saturated rings. The summed E-state index contributed by atoms with van der Waals surface area (Å²) in [5, 5.41) is 0. The number of hydrogen-bond acceptors (Lipinski definition) is 4. The zero-order valence-electron chi connectivity index (χ0n) is 11.8. The third-order valence-electron chi connectivity index (χ3n) is 3.72. The standard InChI is InChI=1S/C13H19BrFN3O2S/c1-2-18-5-3-4-10(18)8-17-21(19,20)12-7-9(16)6-11(14)13(12)15/h6-7,10,17H,2-5,8,16H2,1H3. The van der Waals surface area contributed by atoms with Gasteiger partial charge in [-0.2, -0.15) is 0 Å². The van der Waals surface area contributed by atoms with Crippen LogP contribution in [0.3, 0.4) is 0 Å². The Bertz CT molecular complexity index is 624. The smallest absolute Gasteiger partial charge is 0.243 e. The van der Waals surface area contributed by atoms with Crippen molar-refractivity contribution >= 4 is 31.6 Å². The molecule has 1 unspecified atom stereocenters. The summed E-state index contributed by atoms with van der Waals surface area (Å²) in [6.45, 7) is 4.18. The van der Waals surface area contributed by atoms with Crippen molar-refractivity contribution in [2.45, 2.75) is 30.7 Å². The third-order valence-corrected chi connectivity index (χ3v) is 5.72. The molecule has 1 saturated heterocycles. The molecule has 0 aromatic heterocycles. The molecule has 1 aromatic carbocycles. The molecule has 0 saturated carbocycles. The van der Waals surface area contributed by atoms with Crippen molar-refractivity contribution in [3.8, 4) is 0 Å². The highest BCUT2D eigenvalue weighted by atomic mass is 79.9. The predicted molar refractivity (Wildman–Crippen MR) is 84.0 cm³/mol. The number of sulfonamides is 1. The first-order chi connectivity index (χ1) is 9.85. The first kappa shape index (κ1) is 16.7. The first-order valence-electron chi connectivity index (χ1n) is 6.83. The molecule has 0 radical (unpaired) electrons. The number of nitrogens with one attached hydrogen (secondary N) is 1. The van der Waals surface area contributed by atoms with Gasteiger partial charge < -0.3 is 5.73 Å². The van der Waals surface area contributed by atoms with Crippen LogP contribution in [0.2, 0.25) is 0 Å². The topological polar surface area (TPSA) is 75.4 Å². The fraction of sp³-hybridized carbons (Fsp3) is 0.538. The molecular formula is C13H19BrFN3O2S. The lowest BCUT2D eigenvalue weighted by atomic mass is 10.2. The second-order valence-electron chi connectivity index (χ2n) is 5.09. The number of nitrogens with two attached hydrogens (primary N) is 1. The molecule has 5 nitrogen and oxygen atoms in total. The lowest BCUT2D eigenvalue weighted by Gasteiger charge is -2.23. The zero-order valence-corrected chi connectivity index (χ0v) is 14.2. The van der Waals surface area contributed by atoms with Gasteiger partial charge in [0.25, 0.3) is 0 Å². The number of nitrogen functional groups attached to an aromatic ring is 1. The molecule has 8 heteroatoms. The predicted octanol–water partition coefficient (Wildman–Crippen LogP) is 1.93. The van der Waals surface area contributed by atoms with Crippen molar-refractivity contribution in [3.05, 3.63) is 22.4 Å². The number of nitrogens with zero attached hydrogens (tertiary/aromatic N) is 1. The minimum atomic E-state index is -3.92. The van der Waals surface area contributed by atoms with Crippen LogP contribution in [0.1, 0.15) is 19.8 Å². The average Bonchev–Trinajstić information content (AvgIpc) is 2.88. The largest absolute Gasteiger partial charge is 0.399 e. The molecule has 2 rings (SSSR count). The van der Waals surface area contributed by atoms with Gasteiger partial charge in [-0.25, -0.2) is 17.5 Å². The van der Waals surface area contributed by atoms with Gasteiger partial charge in [-0.1, -0.05) is 6.92 Å². The Morgan fingerprint density at radius 2 is 2.24 bits per heavy atom. The van der Waals surface area contributed by atoms with E-state index < -0.39 is 20.7 Å². The Morgan fingerprint density at radius 3 is 2.90 bits per heavy atom. The van der Waals surface area contributed by atoms with Gasteiger partial charge in [-0.15, -0.1) is 0 Å². The molecule has 1 aliphatic heterocycles. The Kier molecular flexibility index (Phi) is 5.24. The summed E-state index contributed by atoms with van der Waals surface area (Å²) in [6.07, 6.45) is 2.00. The highest BCUT2D eigenvalue weighted by Gasteiger charge is 2.27. The maximum absolute atomic E-state index is 14.0. The van der Waals surface area contributed by atoms with E-state index in [0.717, 1.165) is 32.0 Å². The number of anilines is 1. The van der Waals surface area contributed by atoms with Crippen molar-refractivity contribution in [2.75, 3.05) is 25.4 Å². The Labute approximate surface area is 132 Å². The molecule has 1 atom stereocenters. The Morgan fingerprint density at radius 1 is 1.52 bits per heavy atom. The summed E-state index contributed by atoms with van der Waals surface area (Å²) < 4.78 is 41.0. The van der Waals surface area contributed by atoms with E-state index in [1.807, 2.05) is 6.92 Å². The molecule has 0 spiro atoms. The molecule has 0 bridgehead atoms. The number of benzene rings is 1. The number of rotatable bonds is 5. The quantitative estimate of drug-likeness (QED) is 0.766. The lowest BCUT2D eigenvalue weighted by Crippen LogP contribution is -2.40. The summed E-state index contributed by atoms with van der Waals surface area (Å²) >= 11 is 2.97. The van der Waals surface area contributed by atoms with Crippen molar-refractivity contribution in [1.82, 2.24) is 9.62 Å². The van der Waals surface area contributed by atoms with E-state index >= 15 is 0 Å². The number of likely N-dealkylation sites (tertiary alicyclic amines) is 1. The van der Waals surface area contributed by atoms with E-state index in [4.69, 9.17) is 5.73 Å². The highest BCUT2D eigenvalue weighted by Crippen LogP contribution is 2.26. The van der Waals surface area contributed by atoms with Crippen molar-refractivity contribution < 1.29 is 12.8 Å². The fourth-order valence-electron chi connectivity index (χ4n) is 2.61. The molecule has 21 heavy (non-hydrogen) atoms. The van der Waals surface area contributed by atoms with E-state index in [2.05, 4.69) is 25.6 Å². The second kappa shape index (κ2) is 6.60. The lowest BCUT2D eigenvalue weighted by molar-refractivity contribution is 0.268. The van der Waals surface area contributed by atoms with Gasteiger partial charge >= 0.3 is 0 Å². The maximum Gasteiger partial charge on any atom is 0.243 e. The molecule has 1 aromatic rings. The van der Waals surface area contributed by atoms with Crippen LogP contribution in [0, 0.1) is 5.82 Å². The van der Waals surface area contributed by atoms with Gasteiger partial charge in [-0.3, -0.25) is 4.90 Å². The van der Waals surface area contributed by atoms with Crippen LogP contribution < -0.4 is 10.5 Å². The number of halogens is 2. The Hall–Kier alpha value is -0.700. The minimum absolute atomic E-state index is 0.0407. The van der Waals surface area contributed by atoms with Crippen LogP contribution in [0.15, 0.2) is 21.5 Å². The fourth-order valence-corrected chi connectivity index (χ4v) is 4.42. The van der Waals surface area contributed by atoms with Gasteiger partial charge in [0.2, 0.25) is 10.0 Å². The zero-order chi connectivity index (χ0) is 15.6. The van der Waals surface area contributed by atoms with Crippen LogP contribution in [0.5, 0.6) is 0 Å². The van der Waals surface area contributed by atoms with Crippen LogP contribution >= 0.6 is 15.9 Å². The first-order valence-corrected chi connectivity index (χ1v) is 9.11. The van der Waals surface area contributed by atoms with Gasteiger partial charge in [0.1, 0.15) is 4.90 Å². The molecule has 3 N–H and O–H groups in total. The van der Waals surface area contributed by atoms with E-state index in [-0.39, 0.29) is 22.7 Å². The molecule has 0 aliphatic carbocycles. The molecule has 0 amide bonds. The van der Waals surface area contributed by atoms with Crippen LogP contribution in [-0.4, -0.2) is 39.0 Å². The SMILES string of the molecule is CCN1CCCC1CNS(=O)(=O)c1cc(N)cc(Br)c1F. The number of likely N-dealkylation sites (N-methyl/N-ethyl adjacent to an activating group) is 1. The van der Waals surface area contributed by atoms with E-state index in [1.54, 1.807) is 0 Å². The van der Waals surface area contributed by atoms with Crippen molar-refractivity contribution in [3.63, 3.8) is 0 Å². The van der Waals surface area contributed by atoms with Crippen molar-refractivity contribution in [2.24, 2.45) is 0 Å². The molecular weight excluding hydrogens is 361 g/mol. The number of hydrogen-bond donors (Lipinski definition) is 2. The molecule has 1 aliphatic rings. The Balaban J connectivity index is 2.16. The maximum atomic E-state index is 14.0. The van der Waals surface area contributed by atoms with Crippen molar-refractivity contribution in [1.29, 1.82) is 0 Å². The summed E-state index contributed by atoms with van der Waals surface area (Å²) in [5.74, 6) is -0.824. The normalized spacial score (nSPS) is 20.0. The van der Waals surface area contributed by atoms with Crippen LogP contribution in [0.4, 0.5) is 10.1 Å². The third kappa shape index (κ3) is 3.74. The summed E-state index contributed by atoms with van der Waals surface area (Å²) in [4.78, 5) is 1.80. The molecule has 118 valence electrons. The van der Waals surface area contributed by atoms with Crippen LogP contribution in [-0.2, 0) is 10.0 Å². The highest BCUT2D eigenvalue weighted by molar-refractivity contribution is 9.10. The minimum Gasteiger partial charge on any atom is -0.399 e. The van der Waals surface area contributed by atoms with E-state index in [1.165, 1.54) is 6.07 Å². The summed E-state index contributed by atoms with van der Waals surface area (Å²) in [7, 11) is -3.92. The van der Waals surface area contributed by atoms with Gasteiger partial charge in [0, 0.05) is 18.3 Å². The van der Waals surface area contributed by atoms with Crippen LogP contribution in [0.25, 0.3) is 0 Å². The van der Waals surface area contributed by atoms with Gasteiger partial charge in [0.05, 0.1) is 4.47 Å². The second-order valence-corrected chi connectivity index (χ2v) is 7.68. The molecule has 1 heterocycles. The van der Waals surface area contributed by atoms with E-state index in [0.29, 0.717) is 0 Å². The van der Waals surface area contributed by atoms with Gasteiger partial charge in [0.15, 0.2) is 5.82 Å². The van der Waals surface area contributed by atoms with Gasteiger partial charge in [-0.05, 0) is 54.0 Å². The average molecular weight is 380 g/mol.